The Labute approximate surface area is 149 Å². The maximum Gasteiger partial charge on any atom is 0.338 e. The number of hydrogen-bond donors (Lipinski definition) is 1. The van der Waals surface area contributed by atoms with E-state index in [0.717, 1.165) is 5.56 Å². The van der Waals surface area contributed by atoms with Gasteiger partial charge in [-0.1, -0.05) is 24.3 Å². The average Bonchev–Trinajstić information content (AvgIpc) is 2.54. The van der Waals surface area contributed by atoms with Gasteiger partial charge in [0.2, 0.25) is 0 Å². The number of carbonyl (C=O) groups excluding carboxylic acids is 1. The Bertz CT molecular complexity index is 798. The number of rotatable bonds is 7. The van der Waals surface area contributed by atoms with Gasteiger partial charge >= 0.3 is 11.9 Å². The molecule has 2 aromatic carbocycles. The summed E-state index contributed by atoms with van der Waals surface area (Å²) < 4.78 is 17.5. The Balaban J connectivity index is 2.04. The number of carbonyl (C=O) groups is 2. The van der Waals surface area contributed by atoms with E-state index in [1.165, 1.54) is 12.1 Å². The van der Waals surface area contributed by atoms with Crippen LogP contribution in [0, 0.1) is 0 Å². The lowest BCUT2D eigenvalue weighted by molar-refractivity contribution is 0.0377. The molecule has 0 saturated carbocycles. The number of hydrogen-bond acceptors (Lipinski definition) is 4. The van der Waals surface area contributed by atoms with E-state index in [0.29, 0.717) is 11.1 Å². The van der Waals surface area contributed by atoms with Gasteiger partial charge < -0.3 is 9.84 Å². The second kappa shape index (κ2) is 8.58. The van der Waals surface area contributed by atoms with Crippen molar-refractivity contribution in [1.29, 1.82) is 0 Å². The summed E-state index contributed by atoms with van der Waals surface area (Å²) in [4.78, 5) is 22.9. The van der Waals surface area contributed by atoms with Crippen molar-refractivity contribution < 1.29 is 23.6 Å². The molecule has 0 aliphatic rings. The van der Waals surface area contributed by atoms with Crippen LogP contribution in [-0.4, -0.2) is 27.4 Å². The molecule has 2 rings (SSSR count). The van der Waals surface area contributed by atoms with E-state index in [-0.39, 0.29) is 23.2 Å². The fourth-order valence-electron chi connectivity index (χ4n) is 2.29. The summed E-state index contributed by atoms with van der Waals surface area (Å²) in [5.74, 6) is -0.886. The van der Waals surface area contributed by atoms with Crippen molar-refractivity contribution in [3.05, 3.63) is 70.8 Å². The van der Waals surface area contributed by atoms with E-state index < -0.39 is 22.7 Å². The summed E-state index contributed by atoms with van der Waals surface area (Å²) in [7, 11) is -1.22. The maximum atomic E-state index is 12.4. The SMILES string of the molecule is CC(C)OC(=O)c1cccc(CS(=O)Cc2cccc(C(=O)O)c2)c1. The highest BCUT2D eigenvalue weighted by atomic mass is 32.2. The van der Waals surface area contributed by atoms with Crippen LogP contribution in [0.4, 0.5) is 0 Å². The molecule has 1 atom stereocenters. The van der Waals surface area contributed by atoms with Crippen LogP contribution in [0.5, 0.6) is 0 Å². The first kappa shape index (κ1) is 18.9. The van der Waals surface area contributed by atoms with Crippen LogP contribution >= 0.6 is 0 Å². The van der Waals surface area contributed by atoms with Crippen molar-refractivity contribution in [3.8, 4) is 0 Å². The third kappa shape index (κ3) is 5.83. The molecule has 0 heterocycles. The lowest BCUT2D eigenvalue weighted by Crippen LogP contribution is -2.12. The van der Waals surface area contributed by atoms with E-state index in [1.54, 1.807) is 50.2 Å². The first-order chi connectivity index (χ1) is 11.8. The quantitative estimate of drug-likeness (QED) is 0.766. The molecule has 5 nitrogen and oxygen atoms in total. The molecule has 0 saturated heterocycles. The number of esters is 1. The number of carboxylic acids is 1. The van der Waals surface area contributed by atoms with E-state index in [9.17, 15) is 13.8 Å². The van der Waals surface area contributed by atoms with E-state index in [4.69, 9.17) is 9.84 Å². The van der Waals surface area contributed by atoms with Crippen molar-refractivity contribution in [2.75, 3.05) is 0 Å². The van der Waals surface area contributed by atoms with Gasteiger partial charge in [0.1, 0.15) is 0 Å². The maximum absolute atomic E-state index is 12.4. The molecule has 0 amide bonds. The molecular weight excluding hydrogens is 340 g/mol. The lowest BCUT2D eigenvalue weighted by atomic mass is 10.1. The van der Waals surface area contributed by atoms with Crippen LogP contribution < -0.4 is 0 Å². The van der Waals surface area contributed by atoms with Gasteiger partial charge in [-0.15, -0.1) is 0 Å². The topological polar surface area (TPSA) is 80.7 Å². The van der Waals surface area contributed by atoms with E-state index in [1.807, 2.05) is 0 Å². The Morgan fingerprint density at radius 1 is 1.00 bits per heavy atom. The zero-order chi connectivity index (χ0) is 18.4. The summed E-state index contributed by atoms with van der Waals surface area (Å²) in [5.41, 5.74) is 2.07. The number of benzene rings is 2. The molecule has 0 aliphatic heterocycles. The molecule has 2 aromatic rings. The summed E-state index contributed by atoms with van der Waals surface area (Å²) in [6.07, 6.45) is -0.202. The van der Waals surface area contributed by atoms with Gasteiger partial charge in [0, 0.05) is 22.3 Å². The third-order valence-electron chi connectivity index (χ3n) is 3.33. The van der Waals surface area contributed by atoms with Crippen LogP contribution in [0.15, 0.2) is 48.5 Å². The number of carboxylic acid groups (broad SMARTS) is 1. The number of ether oxygens (including phenoxy) is 1. The standard InChI is InChI=1S/C19H20O5S/c1-13(2)24-19(22)17-8-4-6-15(10-17)12-25(23)11-14-5-3-7-16(9-14)18(20)21/h3-10,13H,11-12H2,1-2H3,(H,20,21). The fraction of sp³-hybridized carbons (Fsp3) is 0.263. The highest BCUT2D eigenvalue weighted by Gasteiger charge is 2.11. The summed E-state index contributed by atoms with van der Waals surface area (Å²) in [6, 6.07) is 13.3. The highest BCUT2D eigenvalue weighted by molar-refractivity contribution is 7.83. The minimum atomic E-state index is -1.22. The van der Waals surface area contributed by atoms with Crippen molar-refractivity contribution in [2.24, 2.45) is 0 Å². The minimum Gasteiger partial charge on any atom is -0.478 e. The Hall–Kier alpha value is -2.47. The molecule has 25 heavy (non-hydrogen) atoms. The fourth-order valence-corrected chi connectivity index (χ4v) is 3.49. The van der Waals surface area contributed by atoms with Gasteiger partial charge in [0.05, 0.1) is 17.2 Å². The molecule has 0 fully saturated rings. The first-order valence-corrected chi connectivity index (χ1v) is 9.31. The average molecular weight is 360 g/mol. The number of aromatic carboxylic acids is 1. The molecule has 6 heteroatoms. The van der Waals surface area contributed by atoms with E-state index >= 15 is 0 Å². The smallest absolute Gasteiger partial charge is 0.338 e. The Morgan fingerprint density at radius 3 is 2.04 bits per heavy atom. The van der Waals surface area contributed by atoms with Gasteiger partial charge in [-0.2, -0.15) is 0 Å². The summed E-state index contributed by atoms with van der Waals surface area (Å²) >= 11 is 0. The van der Waals surface area contributed by atoms with Gasteiger partial charge in [0.15, 0.2) is 0 Å². The van der Waals surface area contributed by atoms with Crippen molar-refractivity contribution in [3.63, 3.8) is 0 Å². The van der Waals surface area contributed by atoms with Crippen LogP contribution in [0.2, 0.25) is 0 Å². The third-order valence-corrected chi connectivity index (χ3v) is 4.65. The normalized spacial score (nSPS) is 12.0. The van der Waals surface area contributed by atoms with Gasteiger partial charge in [0.25, 0.3) is 0 Å². The Kier molecular flexibility index (Phi) is 6.47. The van der Waals surface area contributed by atoms with Crippen molar-refractivity contribution in [1.82, 2.24) is 0 Å². The molecule has 0 aliphatic carbocycles. The minimum absolute atomic E-state index is 0.174. The lowest BCUT2D eigenvalue weighted by Gasteiger charge is -2.09. The van der Waals surface area contributed by atoms with Crippen molar-refractivity contribution in [2.45, 2.75) is 31.5 Å². The molecule has 1 N–H and O–H groups in total. The zero-order valence-electron chi connectivity index (χ0n) is 14.1. The molecule has 0 aromatic heterocycles. The van der Waals surface area contributed by atoms with Gasteiger partial charge in [-0.25, -0.2) is 9.59 Å². The monoisotopic (exact) mass is 360 g/mol. The summed E-state index contributed by atoms with van der Waals surface area (Å²) in [6.45, 7) is 3.56. The molecule has 0 radical (unpaired) electrons. The van der Waals surface area contributed by atoms with Crippen molar-refractivity contribution >= 4 is 22.7 Å². The second-order valence-electron chi connectivity index (χ2n) is 5.89. The largest absolute Gasteiger partial charge is 0.478 e. The van der Waals surface area contributed by atoms with Crippen LogP contribution in [0.25, 0.3) is 0 Å². The predicted octanol–water partition coefficient (Wildman–Crippen LogP) is 3.40. The highest BCUT2D eigenvalue weighted by Crippen LogP contribution is 2.14. The summed E-state index contributed by atoms with van der Waals surface area (Å²) in [5, 5.41) is 9.00. The van der Waals surface area contributed by atoms with Crippen LogP contribution in [0.3, 0.4) is 0 Å². The molecular formula is C19H20O5S. The van der Waals surface area contributed by atoms with E-state index in [2.05, 4.69) is 0 Å². The molecule has 0 bridgehead atoms. The second-order valence-corrected chi connectivity index (χ2v) is 7.35. The molecule has 0 spiro atoms. The molecule has 1 unspecified atom stereocenters. The molecule has 132 valence electrons. The zero-order valence-corrected chi connectivity index (χ0v) is 14.9. The predicted molar refractivity (Wildman–Crippen MR) is 95.9 cm³/mol. The van der Waals surface area contributed by atoms with Crippen LogP contribution in [0.1, 0.15) is 45.7 Å². The first-order valence-electron chi connectivity index (χ1n) is 7.82. The van der Waals surface area contributed by atoms with Crippen LogP contribution in [-0.2, 0) is 27.0 Å². The van der Waals surface area contributed by atoms with Gasteiger partial charge in [-0.3, -0.25) is 4.21 Å². The van der Waals surface area contributed by atoms with Gasteiger partial charge in [-0.05, 0) is 49.2 Å². The Morgan fingerprint density at radius 2 is 1.52 bits per heavy atom.